The normalized spacial score (nSPS) is 10.7. The SMILES string of the molecule is Cc1cc(C(=O)c2cnn(-c3ccccc3)c2)sc1Br. The minimum Gasteiger partial charge on any atom is -0.288 e. The van der Waals surface area contributed by atoms with Crippen molar-refractivity contribution in [3.8, 4) is 5.69 Å². The van der Waals surface area contributed by atoms with Gasteiger partial charge in [-0.15, -0.1) is 11.3 Å². The number of aryl methyl sites for hydroxylation is 1. The highest BCUT2D eigenvalue weighted by Gasteiger charge is 2.15. The van der Waals surface area contributed by atoms with Crippen molar-refractivity contribution in [1.82, 2.24) is 9.78 Å². The van der Waals surface area contributed by atoms with Gasteiger partial charge in [0.05, 0.1) is 26.1 Å². The third-order valence-electron chi connectivity index (χ3n) is 2.95. The molecule has 1 aromatic carbocycles. The van der Waals surface area contributed by atoms with Gasteiger partial charge in [-0.1, -0.05) is 18.2 Å². The van der Waals surface area contributed by atoms with Gasteiger partial charge in [0, 0.05) is 6.20 Å². The Balaban J connectivity index is 1.92. The fourth-order valence-corrected chi connectivity index (χ4v) is 3.37. The van der Waals surface area contributed by atoms with E-state index in [-0.39, 0.29) is 5.78 Å². The molecule has 0 spiro atoms. The van der Waals surface area contributed by atoms with Crippen molar-refractivity contribution in [2.75, 3.05) is 0 Å². The van der Waals surface area contributed by atoms with Crippen molar-refractivity contribution in [3.05, 3.63) is 68.6 Å². The minimum atomic E-state index is 0.00554. The summed E-state index contributed by atoms with van der Waals surface area (Å²) < 4.78 is 2.71. The number of hydrogen-bond donors (Lipinski definition) is 0. The molecular weight excluding hydrogens is 336 g/mol. The van der Waals surface area contributed by atoms with Crippen molar-refractivity contribution < 1.29 is 4.79 Å². The molecule has 0 bridgehead atoms. The van der Waals surface area contributed by atoms with E-state index in [0.717, 1.165) is 19.9 Å². The van der Waals surface area contributed by atoms with Gasteiger partial charge in [-0.2, -0.15) is 5.10 Å². The summed E-state index contributed by atoms with van der Waals surface area (Å²) >= 11 is 4.90. The van der Waals surface area contributed by atoms with Crippen molar-refractivity contribution in [1.29, 1.82) is 0 Å². The molecule has 0 amide bonds. The Morgan fingerprint density at radius 2 is 2.05 bits per heavy atom. The number of rotatable bonds is 3. The first kappa shape index (κ1) is 13.3. The first-order valence-corrected chi connectivity index (χ1v) is 7.67. The van der Waals surface area contributed by atoms with Gasteiger partial charge in [0.2, 0.25) is 5.78 Å². The maximum atomic E-state index is 12.4. The summed E-state index contributed by atoms with van der Waals surface area (Å²) in [6.07, 6.45) is 3.37. The van der Waals surface area contributed by atoms with Crippen LogP contribution < -0.4 is 0 Å². The van der Waals surface area contributed by atoms with Crippen LogP contribution in [0.5, 0.6) is 0 Å². The smallest absolute Gasteiger partial charge is 0.206 e. The molecule has 2 aromatic heterocycles. The molecule has 0 radical (unpaired) electrons. The summed E-state index contributed by atoms with van der Waals surface area (Å²) in [7, 11) is 0. The number of hydrogen-bond acceptors (Lipinski definition) is 3. The van der Waals surface area contributed by atoms with E-state index >= 15 is 0 Å². The molecule has 0 saturated heterocycles. The van der Waals surface area contributed by atoms with Crippen molar-refractivity contribution in [2.24, 2.45) is 0 Å². The summed E-state index contributed by atoms with van der Waals surface area (Å²) in [6.45, 7) is 1.98. The Hall–Kier alpha value is -1.72. The van der Waals surface area contributed by atoms with Crippen molar-refractivity contribution in [3.63, 3.8) is 0 Å². The highest BCUT2D eigenvalue weighted by Crippen LogP contribution is 2.29. The third-order valence-corrected chi connectivity index (χ3v) is 5.08. The number of benzene rings is 1. The molecule has 0 aliphatic carbocycles. The average Bonchev–Trinajstić information content (AvgIpc) is 3.07. The number of halogens is 1. The summed E-state index contributed by atoms with van der Waals surface area (Å²) in [6, 6.07) is 11.6. The van der Waals surface area contributed by atoms with Crippen LogP contribution in [-0.2, 0) is 0 Å². The second-order valence-corrected chi connectivity index (χ2v) is 6.78. The van der Waals surface area contributed by atoms with Crippen LogP contribution in [0.2, 0.25) is 0 Å². The topological polar surface area (TPSA) is 34.9 Å². The molecule has 3 aromatic rings. The van der Waals surface area contributed by atoms with Gasteiger partial charge in [0.1, 0.15) is 0 Å². The zero-order chi connectivity index (χ0) is 14.1. The molecule has 0 atom stereocenters. The first-order chi connectivity index (χ1) is 9.65. The van der Waals surface area contributed by atoms with Crippen molar-refractivity contribution >= 4 is 33.0 Å². The molecule has 0 aliphatic heterocycles. The summed E-state index contributed by atoms with van der Waals surface area (Å²) in [5.41, 5.74) is 2.62. The summed E-state index contributed by atoms with van der Waals surface area (Å²) in [4.78, 5) is 13.1. The maximum Gasteiger partial charge on any atom is 0.206 e. The Kier molecular flexibility index (Phi) is 3.54. The number of carbonyl (C=O) groups is 1. The molecule has 5 heteroatoms. The van der Waals surface area contributed by atoms with Gasteiger partial charge in [0.25, 0.3) is 0 Å². The lowest BCUT2D eigenvalue weighted by molar-refractivity contribution is 0.104. The van der Waals surface area contributed by atoms with Crippen LogP contribution in [0.4, 0.5) is 0 Å². The molecule has 20 heavy (non-hydrogen) atoms. The molecule has 0 N–H and O–H groups in total. The molecular formula is C15H11BrN2OS. The Labute approximate surface area is 129 Å². The van der Waals surface area contributed by atoms with Gasteiger partial charge in [0.15, 0.2) is 0 Å². The molecule has 0 fully saturated rings. The van der Waals surface area contributed by atoms with Crippen LogP contribution in [-0.4, -0.2) is 15.6 Å². The number of para-hydroxylation sites is 1. The van der Waals surface area contributed by atoms with Crippen LogP contribution in [0.15, 0.2) is 52.6 Å². The number of nitrogens with zero attached hydrogens (tertiary/aromatic N) is 2. The highest BCUT2D eigenvalue weighted by molar-refractivity contribution is 9.11. The van der Waals surface area contributed by atoms with E-state index < -0.39 is 0 Å². The fourth-order valence-electron chi connectivity index (χ4n) is 1.88. The van der Waals surface area contributed by atoms with Gasteiger partial charge < -0.3 is 0 Å². The lowest BCUT2D eigenvalue weighted by atomic mass is 10.2. The molecule has 0 saturated carbocycles. The standard InChI is InChI=1S/C15H11BrN2OS/c1-10-7-13(20-15(10)16)14(19)11-8-17-18(9-11)12-5-3-2-4-6-12/h2-9H,1H3. The summed E-state index contributed by atoms with van der Waals surface area (Å²) in [5.74, 6) is 0.00554. The van der Waals surface area contributed by atoms with E-state index in [2.05, 4.69) is 21.0 Å². The predicted octanol–water partition coefficient (Wildman–Crippen LogP) is 4.24. The Morgan fingerprint density at radius 1 is 1.30 bits per heavy atom. The number of aromatic nitrogens is 2. The lowest BCUT2D eigenvalue weighted by Crippen LogP contribution is -1.97. The van der Waals surface area contributed by atoms with Gasteiger partial charge in [-0.25, -0.2) is 4.68 Å². The minimum absolute atomic E-state index is 0.00554. The molecule has 3 rings (SSSR count). The van der Waals surface area contributed by atoms with Gasteiger partial charge >= 0.3 is 0 Å². The van der Waals surface area contributed by atoms with Crippen LogP contribution in [0.25, 0.3) is 5.69 Å². The van der Waals surface area contributed by atoms with Gasteiger partial charge in [-0.05, 0) is 46.6 Å². The van der Waals surface area contributed by atoms with Crippen molar-refractivity contribution in [2.45, 2.75) is 6.92 Å². The second-order valence-electron chi connectivity index (χ2n) is 4.41. The molecule has 3 nitrogen and oxygen atoms in total. The van der Waals surface area contributed by atoms with Crippen LogP contribution in [0, 0.1) is 6.92 Å². The Bertz CT molecular complexity index is 742. The third kappa shape index (κ3) is 2.46. The predicted molar refractivity (Wildman–Crippen MR) is 83.8 cm³/mol. The number of carbonyl (C=O) groups excluding carboxylic acids is 1. The van der Waals surface area contributed by atoms with Crippen LogP contribution in [0.3, 0.4) is 0 Å². The van der Waals surface area contributed by atoms with Crippen LogP contribution in [0.1, 0.15) is 20.8 Å². The van der Waals surface area contributed by atoms with E-state index in [4.69, 9.17) is 0 Å². The lowest BCUT2D eigenvalue weighted by Gasteiger charge is -1.98. The maximum absolute atomic E-state index is 12.4. The van der Waals surface area contributed by atoms with Crippen LogP contribution >= 0.6 is 27.3 Å². The van der Waals surface area contributed by atoms with E-state index in [1.807, 2.05) is 43.3 Å². The zero-order valence-corrected chi connectivity index (χ0v) is 13.1. The molecule has 0 aliphatic rings. The van der Waals surface area contributed by atoms with E-state index in [1.54, 1.807) is 17.1 Å². The molecule has 0 unspecified atom stereocenters. The van der Waals surface area contributed by atoms with Gasteiger partial charge in [-0.3, -0.25) is 4.79 Å². The van der Waals surface area contributed by atoms with E-state index in [0.29, 0.717) is 5.56 Å². The number of thiophene rings is 1. The Morgan fingerprint density at radius 3 is 2.70 bits per heavy atom. The molecule has 100 valence electrons. The summed E-state index contributed by atoms with van der Waals surface area (Å²) in [5, 5.41) is 4.25. The molecule has 2 heterocycles. The monoisotopic (exact) mass is 346 g/mol. The zero-order valence-electron chi connectivity index (χ0n) is 10.7. The highest BCUT2D eigenvalue weighted by atomic mass is 79.9. The van der Waals surface area contributed by atoms with E-state index in [9.17, 15) is 4.79 Å². The number of ketones is 1. The second kappa shape index (κ2) is 5.34. The largest absolute Gasteiger partial charge is 0.288 e. The average molecular weight is 347 g/mol. The quantitative estimate of drug-likeness (QED) is 0.665. The fraction of sp³-hybridized carbons (Fsp3) is 0.0667. The van der Waals surface area contributed by atoms with E-state index in [1.165, 1.54) is 11.3 Å². The first-order valence-electron chi connectivity index (χ1n) is 6.06.